The Hall–Kier alpha value is -0.120. The Morgan fingerprint density at radius 3 is 2.60 bits per heavy atom. The van der Waals surface area contributed by atoms with Crippen LogP contribution in [0.5, 0.6) is 0 Å². The lowest BCUT2D eigenvalue weighted by atomic mass is 9.93. The Bertz CT molecular complexity index is 192. The van der Waals surface area contributed by atoms with Crippen molar-refractivity contribution in [2.45, 2.75) is 57.3 Å². The summed E-state index contributed by atoms with van der Waals surface area (Å²) in [5.74, 6) is 0. The molecule has 2 rings (SSSR count). The number of aliphatic hydroxyl groups is 1. The average molecular weight is 213 g/mol. The number of morpholine rings is 1. The van der Waals surface area contributed by atoms with Gasteiger partial charge in [0.15, 0.2) is 0 Å². The number of rotatable bonds is 2. The van der Waals surface area contributed by atoms with Crippen LogP contribution < -0.4 is 0 Å². The maximum Gasteiger partial charge on any atom is 0.0936 e. The van der Waals surface area contributed by atoms with Gasteiger partial charge in [0.05, 0.1) is 18.8 Å². The summed E-state index contributed by atoms with van der Waals surface area (Å²) in [6.45, 7) is 4.23. The molecule has 88 valence electrons. The van der Waals surface area contributed by atoms with Crippen LogP contribution in [0.2, 0.25) is 0 Å². The zero-order chi connectivity index (χ0) is 10.7. The minimum Gasteiger partial charge on any atom is -0.394 e. The molecule has 3 heteroatoms. The fourth-order valence-electron chi connectivity index (χ4n) is 2.93. The number of hydrogen-bond acceptors (Lipinski definition) is 3. The summed E-state index contributed by atoms with van der Waals surface area (Å²) in [4.78, 5) is 2.54. The highest BCUT2D eigenvalue weighted by atomic mass is 16.5. The predicted octanol–water partition coefficient (Wildman–Crippen LogP) is 1.40. The van der Waals surface area contributed by atoms with E-state index >= 15 is 0 Å². The topological polar surface area (TPSA) is 32.7 Å². The highest BCUT2D eigenvalue weighted by Crippen LogP contribution is 2.25. The fourth-order valence-corrected chi connectivity index (χ4v) is 2.93. The second kappa shape index (κ2) is 5.28. The van der Waals surface area contributed by atoms with Gasteiger partial charge < -0.3 is 9.84 Å². The molecule has 0 radical (unpaired) electrons. The average Bonchev–Trinajstić information content (AvgIpc) is 2.29. The molecule has 0 bridgehead atoms. The fraction of sp³-hybridized carbons (Fsp3) is 1.00. The molecule has 0 amide bonds. The molecule has 2 aliphatic rings. The van der Waals surface area contributed by atoms with Crippen LogP contribution in [0.3, 0.4) is 0 Å². The van der Waals surface area contributed by atoms with Crippen LogP contribution in [0.4, 0.5) is 0 Å². The van der Waals surface area contributed by atoms with E-state index < -0.39 is 0 Å². The first-order valence-corrected chi connectivity index (χ1v) is 6.30. The smallest absolute Gasteiger partial charge is 0.0936 e. The standard InChI is InChI=1S/C12H23NO2/c1-10-7-13(8-12(9-14)15-10)11-5-3-2-4-6-11/h10-12,14H,2-9H2,1H3. The van der Waals surface area contributed by atoms with E-state index in [1.165, 1.54) is 32.1 Å². The third kappa shape index (κ3) is 2.92. The molecule has 1 saturated heterocycles. The van der Waals surface area contributed by atoms with Gasteiger partial charge in [-0.05, 0) is 19.8 Å². The van der Waals surface area contributed by atoms with Crippen molar-refractivity contribution in [3.8, 4) is 0 Å². The van der Waals surface area contributed by atoms with E-state index in [0.29, 0.717) is 0 Å². The van der Waals surface area contributed by atoms with Crippen molar-refractivity contribution in [3.63, 3.8) is 0 Å². The third-order valence-corrected chi connectivity index (χ3v) is 3.65. The van der Waals surface area contributed by atoms with Crippen molar-refractivity contribution in [1.29, 1.82) is 0 Å². The van der Waals surface area contributed by atoms with Crippen molar-refractivity contribution in [2.24, 2.45) is 0 Å². The van der Waals surface area contributed by atoms with E-state index in [-0.39, 0.29) is 18.8 Å². The minimum absolute atomic E-state index is 0.0377. The van der Waals surface area contributed by atoms with E-state index in [9.17, 15) is 5.11 Å². The number of ether oxygens (including phenoxy) is 1. The molecular weight excluding hydrogens is 190 g/mol. The lowest BCUT2D eigenvalue weighted by molar-refractivity contribution is -0.108. The van der Waals surface area contributed by atoms with E-state index in [4.69, 9.17) is 4.74 Å². The molecular formula is C12H23NO2. The SMILES string of the molecule is CC1CN(C2CCCCC2)CC(CO)O1. The van der Waals surface area contributed by atoms with Crippen LogP contribution in [-0.4, -0.2) is 48.0 Å². The van der Waals surface area contributed by atoms with Gasteiger partial charge in [0.1, 0.15) is 0 Å². The molecule has 1 saturated carbocycles. The van der Waals surface area contributed by atoms with Crippen molar-refractivity contribution in [1.82, 2.24) is 4.90 Å². The molecule has 1 N–H and O–H groups in total. The molecule has 0 aromatic rings. The zero-order valence-electron chi connectivity index (χ0n) is 9.69. The Morgan fingerprint density at radius 1 is 1.20 bits per heavy atom. The van der Waals surface area contributed by atoms with Crippen molar-refractivity contribution >= 4 is 0 Å². The van der Waals surface area contributed by atoms with Gasteiger partial charge in [0, 0.05) is 19.1 Å². The first kappa shape index (κ1) is 11.4. The summed E-state index contributed by atoms with van der Waals surface area (Å²) in [6, 6.07) is 0.749. The van der Waals surface area contributed by atoms with Gasteiger partial charge in [-0.25, -0.2) is 0 Å². The Labute approximate surface area is 92.4 Å². The highest BCUT2D eigenvalue weighted by molar-refractivity contribution is 4.82. The van der Waals surface area contributed by atoms with Crippen molar-refractivity contribution in [2.75, 3.05) is 19.7 Å². The van der Waals surface area contributed by atoms with Crippen LogP contribution >= 0.6 is 0 Å². The summed E-state index contributed by atoms with van der Waals surface area (Å²) in [5.41, 5.74) is 0. The molecule has 0 aromatic carbocycles. The molecule has 2 fully saturated rings. The number of hydrogen-bond donors (Lipinski definition) is 1. The molecule has 1 heterocycles. The third-order valence-electron chi connectivity index (χ3n) is 3.65. The summed E-state index contributed by atoms with van der Waals surface area (Å²) < 4.78 is 5.66. The van der Waals surface area contributed by atoms with Crippen LogP contribution in [0, 0.1) is 0 Å². The summed E-state index contributed by atoms with van der Waals surface area (Å²) in [5, 5.41) is 9.17. The lowest BCUT2D eigenvalue weighted by Crippen LogP contribution is -2.52. The largest absolute Gasteiger partial charge is 0.394 e. The van der Waals surface area contributed by atoms with Crippen LogP contribution in [-0.2, 0) is 4.74 Å². The summed E-state index contributed by atoms with van der Waals surface area (Å²) >= 11 is 0. The number of nitrogens with zero attached hydrogens (tertiary/aromatic N) is 1. The first-order valence-electron chi connectivity index (χ1n) is 6.30. The zero-order valence-corrected chi connectivity index (χ0v) is 9.69. The summed E-state index contributed by atoms with van der Waals surface area (Å²) in [7, 11) is 0. The van der Waals surface area contributed by atoms with E-state index in [2.05, 4.69) is 11.8 Å². The molecule has 15 heavy (non-hydrogen) atoms. The number of aliphatic hydroxyl groups excluding tert-OH is 1. The molecule has 1 aliphatic carbocycles. The Morgan fingerprint density at radius 2 is 1.93 bits per heavy atom. The predicted molar refractivity (Wildman–Crippen MR) is 59.9 cm³/mol. The van der Waals surface area contributed by atoms with E-state index in [0.717, 1.165) is 19.1 Å². The normalized spacial score (nSPS) is 35.6. The highest BCUT2D eigenvalue weighted by Gasteiger charge is 2.30. The van der Waals surface area contributed by atoms with Crippen LogP contribution in [0.1, 0.15) is 39.0 Å². The summed E-state index contributed by atoms with van der Waals surface area (Å²) in [6.07, 6.45) is 7.14. The minimum atomic E-state index is 0.0377. The molecule has 0 spiro atoms. The molecule has 3 nitrogen and oxygen atoms in total. The van der Waals surface area contributed by atoms with Crippen LogP contribution in [0.15, 0.2) is 0 Å². The Kier molecular flexibility index (Phi) is 4.00. The molecule has 0 aromatic heterocycles. The first-order chi connectivity index (χ1) is 7.29. The van der Waals surface area contributed by atoms with Gasteiger partial charge in [0.2, 0.25) is 0 Å². The monoisotopic (exact) mass is 213 g/mol. The second-order valence-electron chi connectivity index (χ2n) is 5.00. The van der Waals surface area contributed by atoms with E-state index in [1.807, 2.05) is 0 Å². The molecule has 2 unspecified atom stereocenters. The molecule has 2 atom stereocenters. The van der Waals surface area contributed by atoms with Crippen molar-refractivity contribution in [3.05, 3.63) is 0 Å². The van der Waals surface area contributed by atoms with Gasteiger partial charge in [-0.15, -0.1) is 0 Å². The van der Waals surface area contributed by atoms with E-state index in [1.54, 1.807) is 0 Å². The maximum absolute atomic E-state index is 9.17. The van der Waals surface area contributed by atoms with Crippen molar-refractivity contribution < 1.29 is 9.84 Å². The Balaban J connectivity index is 1.89. The van der Waals surface area contributed by atoms with Gasteiger partial charge in [-0.3, -0.25) is 4.90 Å². The van der Waals surface area contributed by atoms with Gasteiger partial charge in [-0.1, -0.05) is 19.3 Å². The quantitative estimate of drug-likeness (QED) is 0.752. The maximum atomic E-state index is 9.17. The second-order valence-corrected chi connectivity index (χ2v) is 5.00. The van der Waals surface area contributed by atoms with Gasteiger partial charge >= 0.3 is 0 Å². The van der Waals surface area contributed by atoms with Gasteiger partial charge in [-0.2, -0.15) is 0 Å². The van der Waals surface area contributed by atoms with Gasteiger partial charge in [0.25, 0.3) is 0 Å². The van der Waals surface area contributed by atoms with Crippen LogP contribution in [0.25, 0.3) is 0 Å². The lowest BCUT2D eigenvalue weighted by Gasteiger charge is -2.42. The molecule has 1 aliphatic heterocycles.